The van der Waals surface area contributed by atoms with Crippen molar-refractivity contribution in [2.24, 2.45) is 0 Å². The number of hydrogen-bond donors (Lipinski definition) is 1. The average molecular weight is 284 g/mol. The molecule has 0 saturated carbocycles. The summed E-state index contributed by atoms with van der Waals surface area (Å²) in [7, 11) is 0. The smallest absolute Gasteiger partial charge is 0.283 e. The lowest BCUT2D eigenvalue weighted by molar-refractivity contribution is -0.385. The fourth-order valence-corrected chi connectivity index (χ4v) is 2.40. The first-order valence-electron chi connectivity index (χ1n) is 5.96. The van der Waals surface area contributed by atoms with Crippen LogP contribution in [0.3, 0.4) is 0 Å². The summed E-state index contributed by atoms with van der Waals surface area (Å²) in [4.78, 5) is 24.4. The highest BCUT2D eigenvalue weighted by Gasteiger charge is 2.29. The van der Waals surface area contributed by atoms with E-state index in [1.54, 1.807) is 4.90 Å². The third-order valence-electron chi connectivity index (χ3n) is 3.06. The Hall–Kier alpha value is -1.66. The van der Waals surface area contributed by atoms with Gasteiger partial charge in [0.25, 0.3) is 11.6 Å². The minimum absolute atomic E-state index is 0.0248. The maximum absolute atomic E-state index is 12.4. The number of halogens is 1. The second-order valence-corrected chi connectivity index (χ2v) is 4.90. The predicted molar refractivity (Wildman–Crippen MR) is 71.5 cm³/mol. The normalized spacial score (nSPS) is 19.3. The van der Waals surface area contributed by atoms with Crippen molar-refractivity contribution in [1.29, 1.82) is 0 Å². The number of nitrogens with one attached hydrogen (secondary N) is 1. The van der Waals surface area contributed by atoms with Crippen LogP contribution in [0.25, 0.3) is 0 Å². The van der Waals surface area contributed by atoms with E-state index in [9.17, 15) is 14.9 Å². The van der Waals surface area contributed by atoms with Gasteiger partial charge in [0.1, 0.15) is 5.56 Å². The monoisotopic (exact) mass is 283 g/mol. The summed E-state index contributed by atoms with van der Waals surface area (Å²) in [5.74, 6) is -0.384. The molecule has 1 aromatic rings. The van der Waals surface area contributed by atoms with E-state index in [0.717, 1.165) is 0 Å². The molecular formula is C12H14ClN3O3. The Balaban J connectivity index is 2.35. The van der Waals surface area contributed by atoms with Gasteiger partial charge in [0, 0.05) is 31.7 Å². The van der Waals surface area contributed by atoms with Gasteiger partial charge in [-0.1, -0.05) is 17.7 Å². The van der Waals surface area contributed by atoms with Gasteiger partial charge < -0.3 is 10.2 Å². The number of carbonyl (C=O) groups is 1. The SMILES string of the molecule is C[C@H]1CN(C(=O)c2c(Cl)cccc2[N+](=O)[O-])CCN1. The molecule has 0 unspecified atom stereocenters. The molecule has 19 heavy (non-hydrogen) atoms. The van der Waals surface area contributed by atoms with Crippen molar-refractivity contribution in [3.05, 3.63) is 38.9 Å². The standard InChI is InChI=1S/C12H14ClN3O3/c1-8-7-15(6-5-14-8)12(17)11-9(13)3-2-4-10(11)16(18)19/h2-4,8,14H,5-7H2,1H3/t8-/m0/s1. The molecule has 1 amide bonds. The first-order valence-corrected chi connectivity index (χ1v) is 6.34. The lowest BCUT2D eigenvalue weighted by Crippen LogP contribution is -2.51. The number of rotatable bonds is 2. The second kappa shape index (κ2) is 5.54. The third-order valence-corrected chi connectivity index (χ3v) is 3.37. The molecule has 102 valence electrons. The quantitative estimate of drug-likeness (QED) is 0.662. The van der Waals surface area contributed by atoms with Crippen LogP contribution in [0.15, 0.2) is 18.2 Å². The lowest BCUT2D eigenvalue weighted by Gasteiger charge is -2.32. The number of hydrogen-bond acceptors (Lipinski definition) is 4. The number of nitrogens with zero attached hydrogens (tertiary/aromatic N) is 2. The molecule has 2 rings (SSSR count). The van der Waals surface area contributed by atoms with Crippen molar-refractivity contribution in [2.75, 3.05) is 19.6 Å². The zero-order chi connectivity index (χ0) is 14.0. The summed E-state index contributed by atoms with van der Waals surface area (Å²) in [6.07, 6.45) is 0. The van der Waals surface area contributed by atoms with E-state index in [2.05, 4.69) is 5.32 Å². The first kappa shape index (κ1) is 13.8. The van der Waals surface area contributed by atoms with Crippen LogP contribution in [-0.2, 0) is 0 Å². The summed E-state index contributed by atoms with van der Waals surface area (Å²) in [6.45, 7) is 3.67. The van der Waals surface area contributed by atoms with Gasteiger partial charge in [0.15, 0.2) is 0 Å². The maximum atomic E-state index is 12.4. The summed E-state index contributed by atoms with van der Waals surface area (Å²) < 4.78 is 0. The van der Waals surface area contributed by atoms with Crippen LogP contribution in [0.4, 0.5) is 5.69 Å². The van der Waals surface area contributed by atoms with E-state index in [0.29, 0.717) is 19.6 Å². The average Bonchev–Trinajstić information content (AvgIpc) is 2.37. The molecule has 1 fully saturated rings. The highest BCUT2D eigenvalue weighted by Crippen LogP contribution is 2.27. The molecule has 1 atom stereocenters. The van der Waals surface area contributed by atoms with Crippen molar-refractivity contribution < 1.29 is 9.72 Å². The summed E-state index contributed by atoms with van der Waals surface area (Å²) >= 11 is 5.96. The van der Waals surface area contributed by atoms with Crippen LogP contribution in [0.5, 0.6) is 0 Å². The number of benzene rings is 1. The van der Waals surface area contributed by atoms with Gasteiger partial charge in [-0.25, -0.2) is 0 Å². The highest BCUT2D eigenvalue weighted by atomic mass is 35.5. The first-order chi connectivity index (χ1) is 9.00. The van der Waals surface area contributed by atoms with Crippen molar-refractivity contribution in [1.82, 2.24) is 10.2 Å². The second-order valence-electron chi connectivity index (χ2n) is 4.50. The Bertz CT molecular complexity index is 521. The summed E-state index contributed by atoms with van der Waals surface area (Å²) in [5, 5.41) is 14.3. The van der Waals surface area contributed by atoms with E-state index in [4.69, 9.17) is 11.6 Å². The molecule has 0 spiro atoms. The number of piperazine rings is 1. The number of carbonyl (C=O) groups excluding carboxylic acids is 1. The molecule has 1 aromatic carbocycles. The van der Waals surface area contributed by atoms with Crippen molar-refractivity contribution >= 4 is 23.2 Å². The number of amides is 1. The van der Waals surface area contributed by atoms with E-state index in [1.807, 2.05) is 6.92 Å². The number of nitro groups is 1. The molecule has 0 bridgehead atoms. The summed E-state index contributed by atoms with van der Waals surface area (Å²) in [6, 6.07) is 4.43. The Kier molecular flexibility index (Phi) is 4.01. The van der Waals surface area contributed by atoms with Crippen LogP contribution in [0.1, 0.15) is 17.3 Å². The van der Waals surface area contributed by atoms with Gasteiger partial charge in [-0.2, -0.15) is 0 Å². The van der Waals surface area contributed by atoms with Crippen LogP contribution in [0, 0.1) is 10.1 Å². The van der Waals surface area contributed by atoms with Crippen molar-refractivity contribution in [3.8, 4) is 0 Å². The largest absolute Gasteiger partial charge is 0.336 e. The predicted octanol–water partition coefficient (Wildman–Crippen LogP) is 1.68. The lowest BCUT2D eigenvalue weighted by atomic mass is 10.1. The van der Waals surface area contributed by atoms with Gasteiger partial charge in [0.05, 0.1) is 9.95 Å². The molecule has 1 N–H and O–H groups in total. The third kappa shape index (κ3) is 2.85. The van der Waals surface area contributed by atoms with Crippen LogP contribution in [-0.4, -0.2) is 41.4 Å². The topological polar surface area (TPSA) is 75.5 Å². The molecule has 1 heterocycles. The Morgan fingerprint density at radius 1 is 1.58 bits per heavy atom. The van der Waals surface area contributed by atoms with Crippen molar-refractivity contribution in [2.45, 2.75) is 13.0 Å². The minimum atomic E-state index is -0.579. The molecule has 1 saturated heterocycles. The zero-order valence-corrected chi connectivity index (χ0v) is 11.2. The molecule has 1 aliphatic heterocycles. The maximum Gasteiger partial charge on any atom is 0.283 e. The van der Waals surface area contributed by atoms with Gasteiger partial charge >= 0.3 is 0 Å². The fourth-order valence-electron chi connectivity index (χ4n) is 2.15. The van der Waals surface area contributed by atoms with E-state index >= 15 is 0 Å². The Labute approximate surface area is 115 Å². The van der Waals surface area contributed by atoms with Crippen LogP contribution >= 0.6 is 11.6 Å². The van der Waals surface area contributed by atoms with Gasteiger partial charge in [-0.3, -0.25) is 14.9 Å². The highest BCUT2D eigenvalue weighted by molar-refractivity contribution is 6.34. The molecule has 0 aliphatic carbocycles. The van der Waals surface area contributed by atoms with E-state index < -0.39 is 4.92 Å². The van der Waals surface area contributed by atoms with Crippen LogP contribution in [0.2, 0.25) is 5.02 Å². The summed E-state index contributed by atoms with van der Waals surface area (Å²) in [5.41, 5.74) is -0.271. The van der Waals surface area contributed by atoms with E-state index in [-0.39, 0.29) is 28.2 Å². The van der Waals surface area contributed by atoms with Gasteiger partial charge in [-0.15, -0.1) is 0 Å². The molecule has 7 heteroatoms. The minimum Gasteiger partial charge on any atom is -0.336 e. The van der Waals surface area contributed by atoms with Gasteiger partial charge in [0.2, 0.25) is 0 Å². The molecule has 0 radical (unpaired) electrons. The zero-order valence-electron chi connectivity index (χ0n) is 10.4. The molecule has 1 aliphatic rings. The Morgan fingerprint density at radius 3 is 2.95 bits per heavy atom. The molecule has 6 nitrogen and oxygen atoms in total. The van der Waals surface area contributed by atoms with E-state index in [1.165, 1.54) is 18.2 Å². The number of nitro benzene ring substituents is 1. The van der Waals surface area contributed by atoms with Crippen molar-refractivity contribution in [3.63, 3.8) is 0 Å². The fraction of sp³-hybridized carbons (Fsp3) is 0.417. The Morgan fingerprint density at radius 2 is 2.32 bits per heavy atom. The molecular weight excluding hydrogens is 270 g/mol. The molecule has 0 aromatic heterocycles. The van der Waals surface area contributed by atoms with Crippen LogP contribution < -0.4 is 5.32 Å². The van der Waals surface area contributed by atoms with Gasteiger partial charge in [-0.05, 0) is 13.0 Å².